The summed E-state index contributed by atoms with van der Waals surface area (Å²) in [6, 6.07) is -0.471. The SMILES string of the molecule is CS(=O)(=O)CCN1C(=O)NC2(CCSC2)C1=O. The Morgan fingerprint density at radius 3 is 2.71 bits per heavy atom. The zero-order valence-corrected chi connectivity index (χ0v) is 11.1. The largest absolute Gasteiger partial charge is 0.325 e. The van der Waals surface area contributed by atoms with E-state index >= 15 is 0 Å². The van der Waals surface area contributed by atoms with E-state index < -0.39 is 21.4 Å². The fourth-order valence-corrected chi connectivity index (χ4v) is 3.81. The number of urea groups is 1. The molecule has 2 saturated heterocycles. The number of carbonyl (C=O) groups excluding carboxylic acids is 2. The Morgan fingerprint density at radius 1 is 1.47 bits per heavy atom. The van der Waals surface area contributed by atoms with E-state index in [0.717, 1.165) is 16.9 Å². The monoisotopic (exact) mass is 278 g/mol. The standard InChI is InChI=1S/C9H14N2O4S2/c1-17(14,15)5-3-11-7(12)9(10-8(11)13)2-4-16-6-9/h2-6H2,1H3,(H,10,13). The molecular formula is C9H14N2O4S2. The van der Waals surface area contributed by atoms with Gasteiger partial charge >= 0.3 is 6.03 Å². The highest BCUT2D eigenvalue weighted by Crippen LogP contribution is 2.33. The van der Waals surface area contributed by atoms with Crippen LogP contribution >= 0.6 is 11.8 Å². The summed E-state index contributed by atoms with van der Waals surface area (Å²) in [7, 11) is -3.17. The third kappa shape index (κ3) is 2.42. The van der Waals surface area contributed by atoms with Crippen LogP contribution in [0.25, 0.3) is 0 Å². The summed E-state index contributed by atoms with van der Waals surface area (Å²) in [6.07, 6.45) is 1.71. The molecule has 1 unspecified atom stereocenters. The van der Waals surface area contributed by atoms with Crippen molar-refractivity contribution in [2.24, 2.45) is 0 Å². The fraction of sp³-hybridized carbons (Fsp3) is 0.778. The van der Waals surface area contributed by atoms with Gasteiger partial charge in [0, 0.05) is 18.6 Å². The van der Waals surface area contributed by atoms with Crippen molar-refractivity contribution in [2.75, 3.05) is 30.1 Å². The highest BCUT2D eigenvalue weighted by molar-refractivity contribution is 7.99. The summed E-state index contributed by atoms with van der Waals surface area (Å²) < 4.78 is 22.1. The van der Waals surface area contributed by atoms with Gasteiger partial charge in [-0.1, -0.05) is 0 Å². The van der Waals surface area contributed by atoms with Crippen molar-refractivity contribution in [1.82, 2.24) is 10.2 Å². The van der Waals surface area contributed by atoms with Gasteiger partial charge in [-0.25, -0.2) is 13.2 Å². The summed E-state index contributed by atoms with van der Waals surface area (Å²) in [5.74, 6) is 0.949. The second-order valence-corrected chi connectivity index (χ2v) is 7.77. The Labute approximate surface area is 104 Å². The third-order valence-electron chi connectivity index (χ3n) is 2.95. The van der Waals surface area contributed by atoms with Crippen molar-refractivity contribution < 1.29 is 18.0 Å². The van der Waals surface area contributed by atoms with Gasteiger partial charge in [-0.3, -0.25) is 9.69 Å². The van der Waals surface area contributed by atoms with Crippen LogP contribution < -0.4 is 5.32 Å². The first kappa shape index (κ1) is 12.7. The molecule has 0 bridgehead atoms. The number of thioether (sulfide) groups is 1. The van der Waals surface area contributed by atoms with Gasteiger partial charge in [-0.15, -0.1) is 0 Å². The van der Waals surface area contributed by atoms with Crippen molar-refractivity contribution >= 4 is 33.5 Å². The molecule has 6 nitrogen and oxygen atoms in total. The van der Waals surface area contributed by atoms with E-state index in [9.17, 15) is 18.0 Å². The number of hydrogen-bond acceptors (Lipinski definition) is 5. The van der Waals surface area contributed by atoms with E-state index in [1.165, 1.54) is 0 Å². The molecule has 1 N–H and O–H groups in total. The molecule has 0 aromatic carbocycles. The first-order valence-corrected chi connectivity index (χ1v) is 8.45. The fourth-order valence-electron chi connectivity index (χ4n) is 1.97. The van der Waals surface area contributed by atoms with E-state index in [2.05, 4.69) is 5.32 Å². The van der Waals surface area contributed by atoms with Crippen molar-refractivity contribution in [1.29, 1.82) is 0 Å². The minimum atomic E-state index is -3.17. The van der Waals surface area contributed by atoms with Gasteiger partial charge in [0.15, 0.2) is 0 Å². The minimum Gasteiger partial charge on any atom is -0.322 e. The quantitative estimate of drug-likeness (QED) is 0.701. The van der Waals surface area contributed by atoms with Gasteiger partial charge in [-0.2, -0.15) is 11.8 Å². The molecule has 17 heavy (non-hydrogen) atoms. The van der Waals surface area contributed by atoms with Gasteiger partial charge < -0.3 is 5.32 Å². The van der Waals surface area contributed by atoms with Crippen LogP contribution in [0.1, 0.15) is 6.42 Å². The summed E-state index contributed by atoms with van der Waals surface area (Å²) in [4.78, 5) is 24.8. The molecule has 2 aliphatic rings. The maximum atomic E-state index is 12.1. The summed E-state index contributed by atoms with van der Waals surface area (Å²) in [5, 5.41) is 2.69. The zero-order valence-electron chi connectivity index (χ0n) is 9.43. The van der Waals surface area contributed by atoms with Crippen LogP contribution in [0.3, 0.4) is 0 Å². The molecule has 0 radical (unpaired) electrons. The predicted octanol–water partition coefficient (Wildman–Crippen LogP) is -0.541. The maximum Gasteiger partial charge on any atom is 0.325 e. The van der Waals surface area contributed by atoms with E-state index in [-0.39, 0.29) is 18.2 Å². The molecule has 2 rings (SSSR count). The molecule has 1 atom stereocenters. The number of imide groups is 1. The molecule has 0 saturated carbocycles. The first-order valence-electron chi connectivity index (χ1n) is 5.24. The third-order valence-corrected chi connectivity index (χ3v) is 5.07. The van der Waals surface area contributed by atoms with Crippen LogP contribution in [0.2, 0.25) is 0 Å². The number of rotatable bonds is 3. The number of hydrogen-bond donors (Lipinski definition) is 1. The number of amides is 3. The van der Waals surface area contributed by atoms with E-state index in [0.29, 0.717) is 12.2 Å². The van der Waals surface area contributed by atoms with E-state index in [4.69, 9.17) is 0 Å². The average Bonchev–Trinajstić information content (AvgIpc) is 2.73. The minimum absolute atomic E-state index is 0.0596. The highest BCUT2D eigenvalue weighted by atomic mass is 32.2. The van der Waals surface area contributed by atoms with Crippen molar-refractivity contribution in [2.45, 2.75) is 12.0 Å². The van der Waals surface area contributed by atoms with Crippen LogP contribution in [-0.2, 0) is 14.6 Å². The van der Waals surface area contributed by atoms with Crippen LogP contribution in [0.15, 0.2) is 0 Å². The highest BCUT2D eigenvalue weighted by Gasteiger charge is 2.52. The predicted molar refractivity (Wildman–Crippen MR) is 64.6 cm³/mol. The molecule has 2 aliphatic heterocycles. The summed E-state index contributed by atoms with van der Waals surface area (Å²) in [5.41, 5.74) is -0.779. The molecule has 1 spiro atoms. The molecule has 96 valence electrons. The molecule has 0 aromatic rings. The number of nitrogens with one attached hydrogen (secondary N) is 1. The van der Waals surface area contributed by atoms with Gasteiger partial charge in [0.25, 0.3) is 5.91 Å². The van der Waals surface area contributed by atoms with Gasteiger partial charge in [0.1, 0.15) is 15.4 Å². The Morgan fingerprint density at radius 2 is 2.18 bits per heavy atom. The summed E-state index contributed by atoms with van der Waals surface area (Å²) in [6.45, 7) is -0.0596. The normalized spacial score (nSPS) is 29.1. The van der Waals surface area contributed by atoms with Crippen molar-refractivity contribution in [3.8, 4) is 0 Å². The lowest BCUT2D eigenvalue weighted by Crippen LogP contribution is -2.47. The number of carbonyl (C=O) groups is 2. The van der Waals surface area contributed by atoms with Gasteiger partial charge in [0.05, 0.1) is 5.75 Å². The maximum absolute atomic E-state index is 12.1. The van der Waals surface area contributed by atoms with Gasteiger partial charge in [-0.05, 0) is 12.2 Å². The van der Waals surface area contributed by atoms with E-state index in [1.807, 2.05) is 0 Å². The molecule has 8 heteroatoms. The molecule has 0 aliphatic carbocycles. The lowest BCUT2D eigenvalue weighted by molar-refractivity contribution is -0.130. The van der Waals surface area contributed by atoms with Crippen molar-refractivity contribution in [3.05, 3.63) is 0 Å². The average molecular weight is 278 g/mol. The lowest BCUT2D eigenvalue weighted by Gasteiger charge is -2.18. The van der Waals surface area contributed by atoms with E-state index in [1.54, 1.807) is 11.8 Å². The second-order valence-electron chi connectivity index (χ2n) is 4.40. The zero-order chi connectivity index (χ0) is 12.7. The topological polar surface area (TPSA) is 83.6 Å². The second kappa shape index (κ2) is 4.16. The van der Waals surface area contributed by atoms with Crippen LogP contribution in [-0.4, -0.2) is 60.9 Å². The van der Waals surface area contributed by atoms with Crippen LogP contribution in [0, 0.1) is 0 Å². The molecule has 2 fully saturated rings. The Hall–Kier alpha value is -0.760. The van der Waals surface area contributed by atoms with Crippen LogP contribution in [0.4, 0.5) is 4.79 Å². The summed E-state index contributed by atoms with van der Waals surface area (Å²) >= 11 is 1.62. The Balaban J connectivity index is 2.09. The Bertz CT molecular complexity index is 454. The number of sulfone groups is 1. The molecule has 3 amide bonds. The first-order chi connectivity index (χ1) is 7.84. The molecular weight excluding hydrogens is 264 g/mol. The smallest absolute Gasteiger partial charge is 0.322 e. The lowest BCUT2D eigenvalue weighted by atomic mass is 9.99. The molecule has 2 heterocycles. The number of nitrogens with zero attached hydrogens (tertiary/aromatic N) is 1. The van der Waals surface area contributed by atoms with Gasteiger partial charge in [0.2, 0.25) is 0 Å². The Kier molecular flexibility index (Phi) is 3.11. The van der Waals surface area contributed by atoms with Crippen LogP contribution in [0.5, 0.6) is 0 Å². The van der Waals surface area contributed by atoms with Crippen molar-refractivity contribution in [3.63, 3.8) is 0 Å². The molecule has 0 aromatic heterocycles.